The quantitative estimate of drug-likeness (QED) is 0.590. The van der Waals surface area contributed by atoms with E-state index >= 15 is 0 Å². The summed E-state index contributed by atoms with van der Waals surface area (Å²) in [6.07, 6.45) is 0.122. The zero-order chi connectivity index (χ0) is 27.7. The van der Waals surface area contributed by atoms with E-state index < -0.39 is 12.1 Å². The van der Waals surface area contributed by atoms with Crippen molar-refractivity contribution >= 4 is 23.5 Å². The number of alkyl halides is 3. The molecule has 1 atom stereocenters. The largest absolute Gasteiger partial charge is 0.490 e. The minimum absolute atomic E-state index is 0.0578. The van der Waals surface area contributed by atoms with Crippen molar-refractivity contribution in [1.29, 1.82) is 0 Å². The molecule has 2 aliphatic heterocycles. The molecule has 2 amide bonds. The fourth-order valence-corrected chi connectivity index (χ4v) is 4.97. The first kappa shape index (κ1) is 27.6. The summed E-state index contributed by atoms with van der Waals surface area (Å²) in [6.45, 7) is 7.39. The summed E-state index contributed by atoms with van der Waals surface area (Å²) in [5.41, 5.74) is 3.62. The molecule has 1 aromatic heterocycles. The van der Waals surface area contributed by atoms with E-state index in [1.54, 1.807) is 0 Å². The first-order chi connectivity index (χ1) is 17.9. The number of anilines is 1. The number of benzene rings is 1. The standard InChI is InChI=1S/C24H30N4O3.C2HF3O2/c1-16-21(17(2)31-26-16)14-28-13-11-24(28)10-3-12-27(15-24)23(30)19-6-8-20(9-7-19)25-22(29)18-4-5-18;3-2(4,5)1(6)7/h6-9,18H,3-5,10-15H2,1-2H3,(H,25,29);(H,6,7). The molecular formula is C26H31F3N4O5. The number of nitrogens with one attached hydrogen (secondary N) is 1. The van der Waals surface area contributed by atoms with Crippen LogP contribution in [0.1, 0.15) is 59.5 Å². The number of nitrogens with zero attached hydrogens (tertiary/aromatic N) is 3. The molecule has 2 saturated heterocycles. The Labute approximate surface area is 217 Å². The molecule has 1 unspecified atom stereocenters. The van der Waals surface area contributed by atoms with Gasteiger partial charge in [0.25, 0.3) is 5.91 Å². The molecule has 3 heterocycles. The van der Waals surface area contributed by atoms with E-state index in [-0.39, 0.29) is 23.3 Å². The van der Waals surface area contributed by atoms with Gasteiger partial charge in [0.2, 0.25) is 5.91 Å². The lowest BCUT2D eigenvalue weighted by Gasteiger charge is -2.57. The van der Waals surface area contributed by atoms with Crippen molar-refractivity contribution in [3.05, 3.63) is 46.8 Å². The van der Waals surface area contributed by atoms with Gasteiger partial charge in [-0.1, -0.05) is 5.16 Å². The molecule has 1 aromatic carbocycles. The van der Waals surface area contributed by atoms with Gasteiger partial charge in [-0.2, -0.15) is 13.2 Å². The number of piperidine rings is 1. The number of likely N-dealkylation sites (tertiary alicyclic amines) is 2. The molecule has 1 aliphatic carbocycles. The van der Waals surface area contributed by atoms with E-state index in [9.17, 15) is 22.8 Å². The summed E-state index contributed by atoms with van der Waals surface area (Å²) in [5.74, 6) is -1.55. The Morgan fingerprint density at radius 2 is 1.79 bits per heavy atom. The molecule has 5 rings (SSSR count). The maximum absolute atomic E-state index is 13.2. The smallest absolute Gasteiger partial charge is 0.475 e. The minimum atomic E-state index is -5.08. The number of carbonyl (C=O) groups excluding carboxylic acids is 2. The van der Waals surface area contributed by atoms with Crippen molar-refractivity contribution in [3.63, 3.8) is 0 Å². The van der Waals surface area contributed by atoms with Crippen LogP contribution in [-0.2, 0) is 16.1 Å². The molecule has 2 N–H and O–H groups in total. The third-order valence-electron chi connectivity index (χ3n) is 7.48. The predicted molar refractivity (Wildman–Crippen MR) is 130 cm³/mol. The Morgan fingerprint density at radius 3 is 2.29 bits per heavy atom. The van der Waals surface area contributed by atoms with Crippen LogP contribution in [0.25, 0.3) is 0 Å². The number of hydrogen-bond acceptors (Lipinski definition) is 6. The molecule has 0 bridgehead atoms. The van der Waals surface area contributed by atoms with Crippen molar-refractivity contribution in [1.82, 2.24) is 15.0 Å². The Hall–Kier alpha value is -3.41. The van der Waals surface area contributed by atoms with Gasteiger partial charge in [-0.25, -0.2) is 4.79 Å². The second-order valence-electron chi connectivity index (χ2n) is 10.2. The zero-order valence-electron chi connectivity index (χ0n) is 21.3. The molecule has 206 valence electrons. The fraction of sp³-hybridized carbons (Fsp3) is 0.538. The number of amides is 2. The van der Waals surface area contributed by atoms with Gasteiger partial charge in [0, 0.05) is 54.5 Å². The average molecular weight is 537 g/mol. The van der Waals surface area contributed by atoms with Gasteiger partial charge in [-0.15, -0.1) is 0 Å². The number of aliphatic carboxylic acids is 1. The van der Waals surface area contributed by atoms with Crippen molar-refractivity contribution < 1.29 is 37.2 Å². The molecule has 3 fully saturated rings. The second kappa shape index (κ2) is 10.8. The third kappa shape index (κ3) is 6.17. The highest BCUT2D eigenvalue weighted by molar-refractivity contribution is 5.97. The summed E-state index contributed by atoms with van der Waals surface area (Å²) in [6, 6.07) is 7.32. The summed E-state index contributed by atoms with van der Waals surface area (Å²) >= 11 is 0. The Morgan fingerprint density at radius 1 is 1.13 bits per heavy atom. The topological polar surface area (TPSA) is 116 Å². The van der Waals surface area contributed by atoms with Crippen LogP contribution in [0.4, 0.5) is 18.9 Å². The highest BCUT2D eigenvalue weighted by Gasteiger charge is 2.48. The van der Waals surface area contributed by atoms with E-state index in [1.165, 1.54) is 5.56 Å². The van der Waals surface area contributed by atoms with Gasteiger partial charge < -0.3 is 19.8 Å². The monoisotopic (exact) mass is 536 g/mol. The maximum Gasteiger partial charge on any atom is 0.490 e. The van der Waals surface area contributed by atoms with Crippen LogP contribution in [0.2, 0.25) is 0 Å². The lowest BCUT2D eigenvalue weighted by molar-refractivity contribution is -0.192. The van der Waals surface area contributed by atoms with Crippen LogP contribution in [-0.4, -0.2) is 69.2 Å². The van der Waals surface area contributed by atoms with Crippen molar-refractivity contribution in [2.75, 3.05) is 25.0 Å². The molecule has 38 heavy (non-hydrogen) atoms. The normalized spacial score (nSPS) is 21.3. The number of carbonyl (C=O) groups is 3. The van der Waals surface area contributed by atoms with Crippen molar-refractivity contribution in [2.24, 2.45) is 5.92 Å². The van der Waals surface area contributed by atoms with Crippen LogP contribution in [0.3, 0.4) is 0 Å². The summed E-state index contributed by atoms with van der Waals surface area (Å²) < 4.78 is 37.1. The Balaban J connectivity index is 0.000000426. The number of carboxylic acid groups (broad SMARTS) is 1. The van der Waals surface area contributed by atoms with Gasteiger partial charge in [0.1, 0.15) is 5.76 Å². The lowest BCUT2D eigenvalue weighted by atomic mass is 9.77. The van der Waals surface area contributed by atoms with E-state index in [2.05, 4.69) is 15.4 Å². The maximum atomic E-state index is 13.2. The first-order valence-corrected chi connectivity index (χ1v) is 12.6. The van der Waals surface area contributed by atoms with E-state index in [0.29, 0.717) is 5.56 Å². The number of rotatable bonds is 5. The molecule has 2 aromatic rings. The first-order valence-electron chi connectivity index (χ1n) is 12.6. The number of aromatic nitrogens is 1. The average Bonchev–Trinajstić information content (AvgIpc) is 3.68. The highest BCUT2D eigenvalue weighted by Crippen LogP contribution is 2.40. The molecule has 0 radical (unpaired) electrons. The number of hydrogen-bond donors (Lipinski definition) is 2. The summed E-state index contributed by atoms with van der Waals surface area (Å²) in [5, 5.41) is 14.1. The van der Waals surface area contributed by atoms with Crippen LogP contribution in [0.15, 0.2) is 28.8 Å². The van der Waals surface area contributed by atoms with Gasteiger partial charge in [-0.3, -0.25) is 14.5 Å². The van der Waals surface area contributed by atoms with Gasteiger partial charge >= 0.3 is 12.1 Å². The van der Waals surface area contributed by atoms with E-state index in [4.69, 9.17) is 14.4 Å². The lowest BCUT2D eigenvalue weighted by Crippen LogP contribution is -2.67. The molecule has 1 spiro atoms. The van der Waals surface area contributed by atoms with Crippen LogP contribution in [0.5, 0.6) is 0 Å². The number of halogens is 3. The summed E-state index contributed by atoms with van der Waals surface area (Å²) in [7, 11) is 0. The SMILES string of the molecule is Cc1noc(C)c1CN1CCC12CCCN(C(=O)c1ccc(NC(=O)C3CC3)cc1)C2.O=C(O)C(F)(F)F. The molecular weight excluding hydrogens is 505 g/mol. The molecule has 12 heteroatoms. The second-order valence-corrected chi connectivity index (χ2v) is 10.2. The Kier molecular flexibility index (Phi) is 7.82. The van der Waals surface area contributed by atoms with Crippen LogP contribution < -0.4 is 5.32 Å². The zero-order valence-corrected chi connectivity index (χ0v) is 21.3. The predicted octanol–water partition coefficient (Wildman–Crippen LogP) is 4.15. The van der Waals surface area contributed by atoms with Crippen molar-refractivity contribution in [3.8, 4) is 0 Å². The van der Waals surface area contributed by atoms with Crippen LogP contribution >= 0.6 is 0 Å². The fourth-order valence-electron chi connectivity index (χ4n) is 4.97. The van der Waals surface area contributed by atoms with E-state index in [0.717, 1.165) is 75.4 Å². The number of aryl methyl sites for hydroxylation is 2. The van der Waals surface area contributed by atoms with E-state index in [1.807, 2.05) is 43.0 Å². The van der Waals surface area contributed by atoms with Crippen molar-refractivity contribution in [2.45, 2.75) is 64.2 Å². The Bertz CT molecular complexity index is 1170. The minimum Gasteiger partial charge on any atom is -0.475 e. The van der Waals surface area contributed by atoms with Crippen LogP contribution in [0, 0.1) is 19.8 Å². The summed E-state index contributed by atoms with van der Waals surface area (Å²) in [4.78, 5) is 38.5. The highest BCUT2D eigenvalue weighted by atomic mass is 19.4. The van der Waals surface area contributed by atoms with Gasteiger partial charge in [0.05, 0.1) is 5.69 Å². The number of carboxylic acids is 1. The third-order valence-corrected chi connectivity index (χ3v) is 7.48. The molecule has 3 aliphatic rings. The molecule has 1 saturated carbocycles. The van der Waals surface area contributed by atoms with Gasteiger partial charge in [-0.05, 0) is 70.2 Å². The van der Waals surface area contributed by atoms with Gasteiger partial charge in [0.15, 0.2) is 0 Å². The molecule has 9 nitrogen and oxygen atoms in total.